The highest BCUT2D eigenvalue weighted by molar-refractivity contribution is 5.77. The van der Waals surface area contributed by atoms with Gasteiger partial charge < -0.3 is 10.6 Å². The summed E-state index contributed by atoms with van der Waals surface area (Å²) in [5, 5.41) is 11.3. The smallest absolute Gasteiger partial charge is 0.223 e. The van der Waals surface area contributed by atoms with Crippen molar-refractivity contribution in [3.05, 3.63) is 48.8 Å². The van der Waals surface area contributed by atoms with Crippen LogP contribution >= 0.6 is 0 Å². The molecule has 1 amide bonds. The number of nitrogens with two attached hydrogens (primary N) is 1. The minimum atomic E-state index is -0.0745. The SMILES string of the molecule is C=CCN(C(=O)C[C@@H]1CCC[C@H]1N)C(C)c1cccc(-n2cnnn2)c1. The highest BCUT2D eigenvalue weighted by Gasteiger charge is 2.29. The number of amides is 1. The van der Waals surface area contributed by atoms with Crippen molar-refractivity contribution >= 4 is 5.91 Å². The van der Waals surface area contributed by atoms with E-state index in [1.54, 1.807) is 17.1 Å². The van der Waals surface area contributed by atoms with Gasteiger partial charge in [-0.05, 0) is 53.8 Å². The summed E-state index contributed by atoms with van der Waals surface area (Å²) in [6.45, 7) is 6.36. The monoisotopic (exact) mass is 354 g/mol. The molecule has 0 saturated heterocycles. The molecule has 3 atom stereocenters. The van der Waals surface area contributed by atoms with Crippen LogP contribution in [0, 0.1) is 5.92 Å². The van der Waals surface area contributed by atoms with Crippen molar-refractivity contribution in [3.8, 4) is 5.69 Å². The first-order chi connectivity index (χ1) is 12.6. The summed E-state index contributed by atoms with van der Waals surface area (Å²) in [5.41, 5.74) is 8.05. The molecule has 1 fully saturated rings. The lowest BCUT2D eigenvalue weighted by Gasteiger charge is -2.30. The van der Waals surface area contributed by atoms with Crippen molar-refractivity contribution in [1.29, 1.82) is 0 Å². The first-order valence-electron chi connectivity index (χ1n) is 9.09. The van der Waals surface area contributed by atoms with E-state index >= 15 is 0 Å². The maximum Gasteiger partial charge on any atom is 0.223 e. The van der Waals surface area contributed by atoms with E-state index < -0.39 is 0 Å². The maximum absolute atomic E-state index is 12.9. The molecule has 0 aliphatic heterocycles. The summed E-state index contributed by atoms with van der Waals surface area (Å²) < 4.78 is 1.60. The van der Waals surface area contributed by atoms with Gasteiger partial charge in [0.05, 0.1) is 11.7 Å². The average Bonchev–Trinajstić information content (AvgIpc) is 3.32. The second-order valence-electron chi connectivity index (χ2n) is 6.92. The summed E-state index contributed by atoms with van der Waals surface area (Å²) in [6, 6.07) is 7.97. The van der Waals surface area contributed by atoms with Crippen molar-refractivity contribution in [2.24, 2.45) is 11.7 Å². The fraction of sp³-hybridized carbons (Fsp3) is 0.474. The van der Waals surface area contributed by atoms with E-state index in [0.717, 1.165) is 30.5 Å². The number of hydrogen-bond donors (Lipinski definition) is 1. The fourth-order valence-corrected chi connectivity index (χ4v) is 3.66. The highest BCUT2D eigenvalue weighted by atomic mass is 16.2. The number of hydrogen-bond acceptors (Lipinski definition) is 5. The van der Waals surface area contributed by atoms with E-state index in [2.05, 4.69) is 22.1 Å². The molecule has 0 spiro atoms. The fourth-order valence-electron chi connectivity index (χ4n) is 3.66. The van der Waals surface area contributed by atoms with Crippen LogP contribution in [-0.2, 0) is 4.79 Å². The number of aromatic nitrogens is 4. The number of tetrazole rings is 1. The summed E-state index contributed by atoms with van der Waals surface area (Å²) in [6.07, 6.45) is 7.00. The van der Waals surface area contributed by atoms with E-state index in [9.17, 15) is 4.79 Å². The van der Waals surface area contributed by atoms with Gasteiger partial charge in [0, 0.05) is 19.0 Å². The van der Waals surface area contributed by atoms with Crippen LogP contribution in [0.15, 0.2) is 43.2 Å². The van der Waals surface area contributed by atoms with Crippen molar-refractivity contribution in [2.45, 2.75) is 44.7 Å². The van der Waals surface area contributed by atoms with Crippen LogP contribution in [0.1, 0.15) is 44.2 Å². The molecule has 3 rings (SSSR count). The molecule has 26 heavy (non-hydrogen) atoms. The zero-order valence-corrected chi connectivity index (χ0v) is 15.2. The van der Waals surface area contributed by atoms with E-state index in [0.29, 0.717) is 13.0 Å². The normalized spacial score (nSPS) is 20.7. The standard InChI is InChI=1S/C19H26N6O/c1-3-10-24(19(26)12-16-7-5-9-18(16)20)14(2)15-6-4-8-17(11-15)25-13-21-22-23-25/h3-4,6,8,11,13-14,16,18H,1,5,7,9-10,12,20H2,2H3/t14?,16-,18+/m0/s1. The van der Waals surface area contributed by atoms with Crippen LogP contribution in [-0.4, -0.2) is 43.6 Å². The molecular weight excluding hydrogens is 328 g/mol. The van der Waals surface area contributed by atoms with Gasteiger partial charge in [0.15, 0.2) is 0 Å². The lowest BCUT2D eigenvalue weighted by molar-refractivity contribution is -0.133. The zero-order chi connectivity index (χ0) is 18.5. The molecule has 1 unspecified atom stereocenters. The number of carbonyl (C=O) groups is 1. The zero-order valence-electron chi connectivity index (χ0n) is 15.2. The third-order valence-electron chi connectivity index (χ3n) is 5.23. The molecule has 1 heterocycles. The van der Waals surface area contributed by atoms with E-state index in [1.165, 1.54) is 0 Å². The molecule has 7 heteroatoms. The van der Waals surface area contributed by atoms with Gasteiger partial charge in [-0.3, -0.25) is 4.79 Å². The number of carbonyl (C=O) groups excluding carboxylic acids is 1. The van der Waals surface area contributed by atoms with Gasteiger partial charge in [-0.2, -0.15) is 0 Å². The van der Waals surface area contributed by atoms with Crippen LogP contribution in [0.2, 0.25) is 0 Å². The Morgan fingerprint density at radius 2 is 2.35 bits per heavy atom. The first kappa shape index (κ1) is 18.3. The minimum absolute atomic E-state index is 0.0745. The van der Waals surface area contributed by atoms with Gasteiger partial charge in [0.1, 0.15) is 6.33 Å². The van der Waals surface area contributed by atoms with Gasteiger partial charge in [0.25, 0.3) is 0 Å². The van der Waals surface area contributed by atoms with E-state index in [-0.39, 0.29) is 23.9 Å². The third kappa shape index (κ3) is 3.99. The molecule has 0 bridgehead atoms. The summed E-state index contributed by atoms with van der Waals surface area (Å²) in [4.78, 5) is 14.8. The molecule has 1 aromatic carbocycles. The van der Waals surface area contributed by atoms with Crippen LogP contribution in [0.5, 0.6) is 0 Å². The minimum Gasteiger partial charge on any atom is -0.332 e. The Labute approximate surface area is 153 Å². The predicted molar refractivity (Wildman–Crippen MR) is 99.4 cm³/mol. The molecule has 2 N–H and O–H groups in total. The highest BCUT2D eigenvalue weighted by Crippen LogP contribution is 2.29. The molecule has 7 nitrogen and oxygen atoms in total. The lowest BCUT2D eigenvalue weighted by atomic mass is 9.98. The molecule has 1 aliphatic carbocycles. The molecule has 2 aromatic rings. The predicted octanol–water partition coefficient (Wildman–Crippen LogP) is 2.26. The van der Waals surface area contributed by atoms with Crippen LogP contribution in [0.3, 0.4) is 0 Å². The Morgan fingerprint density at radius 3 is 3.00 bits per heavy atom. The Kier molecular flexibility index (Phi) is 5.78. The molecule has 1 aromatic heterocycles. The van der Waals surface area contributed by atoms with Crippen LogP contribution in [0.25, 0.3) is 5.69 Å². The molecule has 0 radical (unpaired) electrons. The second kappa shape index (κ2) is 8.23. The molecule has 1 saturated carbocycles. The van der Waals surface area contributed by atoms with Gasteiger partial charge in [0.2, 0.25) is 5.91 Å². The number of rotatable bonds is 7. The Morgan fingerprint density at radius 1 is 1.50 bits per heavy atom. The van der Waals surface area contributed by atoms with Crippen molar-refractivity contribution in [1.82, 2.24) is 25.1 Å². The largest absolute Gasteiger partial charge is 0.332 e. The van der Waals surface area contributed by atoms with Crippen molar-refractivity contribution in [2.75, 3.05) is 6.54 Å². The molecule has 1 aliphatic rings. The average molecular weight is 354 g/mol. The van der Waals surface area contributed by atoms with Crippen LogP contribution < -0.4 is 5.73 Å². The topological polar surface area (TPSA) is 89.9 Å². The number of nitrogens with zero attached hydrogens (tertiary/aromatic N) is 5. The summed E-state index contributed by atoms with van der Waals surface area (Å²) in [5.74, 6) is 0.419. The van der Waals surface area contributed by atoms with Gasteiger partial charge in [-0.1, -0.05) is 24.6 Å². The Hall–Kier alpha value is -2.54. The summed E-state index contributed by atoms with van der Waals surface area (Å²) in [7, 11) is 0. The third-order valence-corrected chi connectivity index (χ3v) is 5.23. The van der Waals surface area contributed by atoms with Gasteiger partial charge >= 0.3 is 0 Å². The second-order valence-corrected chi connectivity index (χ2v) is 6.92. The van der Waals surface area contributed by atoms with Crippen molar-refractivity contribution < 1.29 is 4.79 Å². The van der Waals surface area contributed by atoms with E-state index in [4.69, 9.17) is 5.73 Å². The van der Waals surface area contributed by atoms with Gasteiger partial charge in [-0.25, -0.2) is 4.68 Å². The molecular formula is C19H26N6O. The number of benzene rings is 1. The summed E-state index contributed by atoms with van der Waals surface area (Å²) >= 11 is 0. The van der Waals surface area contributed by atoms with Gasteiger partial charge in [-0.15, -0.1) is 11.7 Å². The Balaban J connectivity index is 1.77. The lowest BCUT2D eigenvalue weighted by Crippen LogP contribution is -2.37. The van der Waals surface area contributed by atoms with Crippen LogP contribution in [0.4, 0.5) is 0 Å². The first-order valence-corrected chi connectivity index (χ1v) is 9.09. The van der Waals surface area contributed by atoms with Crippen molar-refractivity contribution in [3.63, 3.8) is 0 Å². The molecule has 138 valence electrons. The van der Waals surface area contributed by atoms with E-state index in [1.807, 2.05) is 36.1 Å². The maximum atomic E-state index is 12.9. The quantitative estimate of drug-likeness (QED) is 0.770. The Bertz CT molecular complexity index is 744.